The first kappa shape index (κ1) is 12.6. The summed E-state index contributed by atoms with van der Waals surface area (Å²) in [6.45, 7) is 0. The number of fused-ring (bicyclic) bond motifs is 1. The van der Waals surface area contributed by atoms with E-state index in [9.17, 15) is 14.7 Å². The Labute approximate surface area is 127 Å². The van der Waals surface area contributed by atoms with Crippen molar-refractivity contribution in [2.45, 2.75) is 0 Å². The van der Waals surface area contributed by atoms with Gasteiger partial charge in [-0.2, -0.15) is 0 Å². The van der Waals surface area contributed by atoms with Crippen LogP contribution in [0.25, 0.3) is 11.0 Å². The number of benzene rings is 1. The molecule has 5 heteroatoms. The van der Waals surface area contributed by atoms with Crippen molar-refractivity contribution >= 4 is 16.9 Å². The van der Waals surface area contributed by atoms with E-state index >= 15 is 0 Å². The number of hydrogen-bond acceptors (Lipinski definition) is 4. The zero-order valence-electron chi connectivity index (χ0n) is 8.02. The van der Waals surface area contributed by atoms with Crippen LogP contribution in [0.5, 0.6) is 0 Å². The Balaban J connectivity index is 0.00000112. The number of hydrogen-bond donors (Lipinski definition) is 0. The molecule has 0 bridgehead atoms. The standard InChI is InChI=1S/C10H6O4.K/c11-9(12)7-5-6-3-1-2-4-8(6)14-10(7)13;/h1-5H,(H,11,12);/q;+1/p-1. The topological polar surface area (TPSA) is 70.3 Å². The Morgan fingerprint density at radius 3 is 2.60 bits per heavy atom. The van der Waals surface area contributed by atoms with Crippen LogP contribution in [-0.4, -0.2) is 5.97 Å². The van der Waals surface area contributed by atoms with Crippen molar-refractivity contribution in [1.29, 1.82) is 0 Å². The normalized spacial score (nSPS) is 9.60. The smallest absolute Gasteiger partial charge is 0.545 e. The number of rotatable bonds is 1. The van der Waals surface area contributed by atoms with Gasteiger partial charge in [-0.15, -0.1) is 0 Å². The predicted octanol–water partition coefficient (Wildman–Crippen LogP) is -2.84. The Bertz CT molecular complexity index is 559. The van der Waals surface area contributed by atoms with Gasteiger partial charge in [0, 0.05) is 5.39 Å². The zero-order chi connectivity index (χ0) is 10.1. The van der Waals surface area contributed by atoms with Gasteiger partial charge in [-0.1, -0.05) is 18.2 Å². The van der Waals surface area contributed by atoms with Crippen molar-refractivity contribution in [3.63, 3.8) is 0 Å². The van der Waals surface area contributed by atoms with E-state index < -0.39 is 17.2 Å². The molecule has 0 amide bonds. The van der Waals surface area contributed by atoms with Crippen LogP contribution in [0.15, 0.2) is 39.5 Å². The molecule has 0 saturated heterocycles. The van der Waals surface area contributed by atoms with Crippen LogP contribution in [0.3, 0.4) is 0 Å². The summed E-state index contributed by atoms with van der Waals surface area (Å²) in [5.41, 5.74) is -0.977. The molecular weight excluding hydrogens is 223 g/mol. The number of aromatic carboxylic acids is 1. The van der Waals surface area contributed by atoms with Gasteiger partial charge in [0.05, 0.1) is 11.5 Å². The van der Waals surface area contributed by atoms with Crippen molar-refractivity contribution in [3.8, 4) is 0 Å². The summed E-state index contributed by atoms with van der Waals surface area (Å²) in [4.78, 5) is 21.6. The van der Waals surface area contributed by atoms with Crippen LogP contribution in [0.1, 0.15) is 10.4 Å². The van der Waals surface area contributed by atoms with Gasteiger partial charge >= 0.3 is 57.0 Å². The van der Waals surface area contributed by atoms with E-state index in [1.54, 1.807) is 24.3 Å². The van der Waals surface area contributed by atoms with Crippen molar-refractivity contribution in [1.82, 2.24) is 0 Å². The molecule has 0 saturated carbocycles. The quantitative estimate of drug-likeness (QED) is 0.389. The van der Waals surface area contributed by atoms with Crippen molar-refractivity contribution in [2.24, 2.45) is 0 Å². The minimum Gasteiger partial charge on any atom is -0.545 e. The van der Waals surface area contributed by atoms with Crippen LogP contribution in [0, 0.1) is 0 Å². The van der Waals surface area contributed by atoms with Gasteiger partial charge in [0.1, 0.15) is 5.58 Å². The molecule has 0 spiro atoms. The molecule has 1 aromatic heterocycles. The van der Waals surface area contributed by atoms with Gasteiger partial charge in [-0.3, -0.25) is 0 Å². The van der Waals surface area contributed by atoms with Crippen molar-refractivity contribution in [2.75, 3.05) is 0 Å². The van der Waals surface area contributed by atoms with E-state index in [4.69, 9.17) is 4.42 Å². The molecule has 2 aromatic rings. The third kappa shape index (κ3) is 2.56. The second-order valence-corrected chi connectivity index (χ2v) is 2.77. The maximum Gasteiger partial charge on any atom is 1.00 e. The molecule has 0 aliphatic carbocycles. The molecule has 0 unspecified atom stereocenters. The van der Waals surface area contributed by atoms with E-state index in [0.29, 0.717) is 11.0 Å². The Hall–Kier alpha value is -0.464. The summed E-state index contributed by atoms with van der Waals surface area (Å²) in [6, 6.07) is 7.92. The van der Waals surface area contributed by atoms with Crippen LogP contribution in [-0.2, 0) is 0 Å². The van der Waals surface area contributed by atoms with Gasteiger partial charge < -0.3 is 14.3 Å². The monoisotopic (exact) mass is 228 g/mol. The predicted molar refractivity (Wildman–Crippen MR) is 46.8 cm³/mol. The van der Waals surface area contributed by atoms with Gasteiger partial charge in [0.25, 0.3) is 0 Å². The van der Waals surface area contributed by atoms with Gasteiger partial charge in [0.15, 0.2) is 0 Å². The minimum absolute atomic E-state index is 0. The van der Waals surface area contributed by atoms with E-state index in [1.165, 1.54) is 6.07 Å². The van der Waals surface area contributed by atoms with E-state index in [-0.39, 0.29) is 51.4 Å². The average Bonchev–Trinajstić information content (AvgIpc) is 2.16. The molecule has 4 nitrogen and oxygen atoms in total. The Kier molecular flexibility index (Phi) is 4.24. The Morgan fingerprint density at radius 2 is 1.93 bits per heavy atom. The minimum atomic E-state index is -1.52. The molecule has 70 valence electrons. The number of carbonyl (C=O) groups excluding carboxylic acids is 1. The maximum atomic E-state index is 11.1. The average molecular weight is 228 g/mol. The third-order valence-electron chi connectivity index (χ3n) is 1.86. The summed E-state index contributed by atoms with van der Waals surface area (Å²) in [5, 5.41) is 11.1. The molecule has 0 atom stereocenters. The first-order valence-electron chi connectivity index (χ1n) is 3.93. The molecule has 0 radical (unpaired) electrons. The molecule has 1 aromatic carbocycles. The fraction of sp³-hybridized carbons (Fsp3) is 0. The van der Waals surface area contributed by atoms with Crippen molar-refractivity contribution in [3.05, 3.63) is 46.3 Å². The first-order valence-corrected chi connectivity index (χ1v) is 3.93. The molecule has 1 heterocycles. The summed E-state index contributed by atoms with van der Waals surface area (Å²) < 4.78 is 4.78. The van der Waals surface area contributed by atoms with E-state index in [2.05, 4.69) is 0 Å². The summed E-state index contributed by atoms with van der Waals surface area (Å²) >= 11 is 0. The second-order valence-electron chi connectivity index (χ2n) is 2.77. The van der Waals surface area contributed by atoms with Crippen LogP contribution >= 0.6 is 0 Å². The van der Waals surface area contributed by atoms with Gasteiger partial charge in [0.2, 0.25) is 0 Å². The Morgan fingerprint density at radius 1 is 1.27 bits per heavy atom. The zero-order valence-corrected chi connectivity index (χ0v) is 11.1. The largest absolute Gasteiger partial charge is 1.00 e. The second kappa shape index (κ2) is 5.04. The van der Waals surface area contributed by atoms with Crippen molar-refractivity contribution < 1.29 is 65.7 Å². The fourth-order valence-electron chi connectivity index (χ4n) is 1.20. The summed E-state index contributed by atoms with van der Waals surface area (Å²) in [5.74, 6) is -1.52. The number of para-hydroxylation sites is 1. The third-order valence-corrected chi connectivity index (χ3v) is 1.86. The molecule has 15 heavy (non-hydrogen) atoms. The fourth-order valence-corrected chi connectivity index (χ4v) is 1.20. The SMILES string of the molecule is O=C([O-])c1cc2ccccc2oc1=O.[K+]. The van der Waals surface area contributed by atoms with Crippen LogP contribution in [0.2, 0.25) is 0 Å². The first-order chi connectivity index (χ1) is 6.68. The number of carboxylic acid groups (broad SMARTS) is 1. The number of carbonyl (C=O) groups is 1. The molecule has 0 aliphatic heterocycles. The molecule has 0 aliphatic rings. The summed E-state index contributed by atoms with van der Waals surface area (Å²) in [7, 11) is 0. The summed E-state index contributed by atoms with van der Waals surface area (Å²) in [6.07, 6.45) is 0. The molecule has 2 rings (SSSR count). The van der Waals surface area contributed by atoms with E-state index in [1.807, 2.05) is 0 Å². The van der Waals surface area contributed by atoms with Crippen LogP contribution in [0.4, 0.5) is 0 Å². The molecule has 0 N–H and O–H groups in total. The van der Waals surface area contributed by atoms with Crippen LogP contribution < -0.4 is 62.1 Å². The number of carboxylic acids is 1. The molecular formula is C10H5KO4. The van der Waals surface area contributed by atoms with E-state index in [0.717, 1.165) is 0 Å². The van der Waals surface area contributed by atoms with Gasteiger partial charge in [-0.05, 0) is 12.1 Å². The van der Waals surface area contributed by atoms with Gasteiger partial charge in [-0.25, -0.2) is 4.79 Å². The maximum absolute atomic E-state index is 11.1. The molecule has 0 fully saturated rings.